The Hall–Kier alpha value is -1.99. The fourth-order valence-corrected chi connectivity index (χ4v) is 4.22. The Balaban J connectivity index is 1.74. The van der Waals surface area contributed by atoms with Crippen molar-refractivity contribution in [3.63, 3.8) is 0 Å². The van der Waals surface area contributed by atoms with E-state index in [1.807, 2.05) is 19.1 Å². The number of amides is 1. The highest BCUT2D eigenvalue weighted by Gasteiger charge is 2.18. The topological polar surface area (TPSA) is 67.8 Å². The van der Waals surface area contributed by atoms with Gasteiger partial charge in [0.25, 0.3) is 0 Å². The zero-order chi connectivity index (χ0) is 18.8. The van der Waals surface area contributed by atoms with Gasteiger partial charge in [0.15, 0.2) is 0 Å². The largest absolute Gasteiger partial charge is 0.300 e. The summed E-state index contributed by atoms with van der Waals surface area (Å²) < 4.78 is 0. The highest BCUT2D eigenvalue weighted by atomic mass is 32.2. The van der Waals surface area contributed by atoms with Gasteiger partial charge in [0.2, 0.25) is 11.0 Å². The Labute approximate surface area is 161 Å². The van der Waals surface area contributed by atoms with Crippen LogP contribution in [0.2, 0.25) is 0 Å². The van der Waals surface area contributed by atoms with Gasteiger partial charge in [0, 0.05) is 11.3 Å². The van der Waals surface area contributed by atoms with E-state index in [2.05, 4.69) is 55.3 Å². The lowest BCUT2D eigenvalue weighted by Gasteiger charge is -2.12. The molecule has 136 valence electrons. The van der Waals surface area contributed by atoms with Crippen molar-refractivity contribution in [1.29, 1.82) is 0 Å². The molecule has 0 bridgehead atoms. The van der Waals surface area contributed by atoms with Crippen molar-refractivity contribution in [2.45, 2.75) is 50.8 Å². The van der Waals surface area contributed by atoms with Gasteiger partial charge in [-0.15, -0.1) is 10.2 Å². The molecule has 1 N–H and O–H groups in total. The summed E-state index contributed by atoms with van der Waals surface area (Å²) in [7, 11) is 0. The van der Waals surface area contributed by atoms with Crippen molar-refractivity contribution in [1.82, 2.24) is 15.2 Å². The van der Waals surface area contributed by atoms with Crippen LogP contribution in [0.25, 0.3) is 10.9 Å². The number of thioether (sulfide) groups is 1. The average molecular weight is 387 g/mol. The number of carbonyl (C=O) groups is 1. The van der Waals surface area contributed by atoms with Gasteiger partial charge >= 0.3 is 0 Å². The number of hydrogen-bond donors (Lipinski definition) is 1. The molecule has 2 aromatic heterocycles. The zero-order valence-electron chi connectivity index (χ0n) is 15.5. The standard InChI is InChI=1S/C19H22N4OS2/c1-10(2)18-22-23-19(26-18)21-17(24)13(5)25-15-9-12(4)14-8-6-7-11(3)16(14)20-15/h6-10,13H,1-5H3,(H,21,23,24). The fraction of sp³-hybridized carbons (Fsp3) is 0.368. The summed E-state index contributed by atoms with van der Waals surface area (Å²) in [4.78, 5) is 17.2. The molecule has 3 rings (SSSR count). The fourth-order valence-electron chi connectivity index (χ4n) is 2.55. The molecule has 1 unspecified atom stereocenters. The van der Waals surface area contributed by atoms with E-state index >= 15 is 0 Å². The molecule has 0 fully saturated rings. The average Bonchev–Trinajstić information content (AvgIpc) is 3.04. The van der Waals surface area contributed by atoms with Gasteiger partial charge in [0.05, 0.1) is 15.8 Å². The Morgan fingerprint density at radius 1 is 1.15 bits per heavy atom. The van der Waals surface area contributed by atoms with Crippen LogP contribution in [0.3, 0.4) is 0 Å². The minimum Gasteiger partial charge on any atom is -0.300 e. The molecule has 3 aromatic rings. The van der Waals surface area contributed by atoms with Crippen LogP contribution in [0.5, 0.6) is 0 Å². The number of carbonyl (C=O) groups excluding carboxylic acids is 1. The Bertz CT molecular complexity index is 952. The van der Waals surface area contributed by atoms with Gasteiger partial charge in [-0.1, -0.05) is 55.1 Å². The highest BCUT2D eigenvalue weighted by Crippen LogP contribution is 2.29. The van der Waals surface area contributed by atoms with Crippen LogP contribution in [0.15, 0.2) is 29.3 Å². The number of hydrogen-bond acceptors (Lipinski definition) is 6. The van der Waals surface area contributed by atoms with Crippen molar-refractivity contribution in [2.75, 3.05) is 5.32 Å². The predicted molar refractivity (Wildman–Crippen MR) is 109 cm³/mol. The first kappa shape index (κ1) is 18.8. The molecule has 7 heteroatoms. The summed E-state index contributed by atoms with van der Waals surface area (Å²) in [6, 6.07) is 8.22. The van der Waals surface area contributed by atoms with Crippen LogP contribution in [-0.2, 0) is 4.79 Å². The Morgan fingerprint density at radius 2 is 1.92 bits per heavy atom. The molecule has 0 saturated carbocycles. The smallest absolute Gasteiger partial charge is 0.239 e. The van der Waals surface area contributed by atoms with Gasteiger partial charge in [-0.3, -0.25) is 10.1 Å². The van der Waals surface area contributed by atoms with Gasteiger partial charge in [-0.2, -0.15) is 0 Å². The number of nitrogens with one attached hydrogen (secondary N) is 1. The summed E-state index contributed by atoms with van der Waals surface area (Å²) in [5.41, 5.74) is 3.30. The summed E-state index contributed by atoms with van der Waals surface area (Å²) >= 11 is 2.88. The molecule has 5 nitrogen and oxygen atoms in total. The van der Waals surface area contributed by atoms with Crippen LogP contribution in [0, 0.1) is 13.8 Å². The van der Waals surface area contributed by atoms with Gasteiger partial charge in [-0.05, 0) is 38.0 Å². The van der Waals surface area contributed by atoms with Crippen LogP contribution in [0.4, 0.5) is 5.13 Å². The molecule has 0 aliphatic heterocycles. The second-order valence-corrected chi connectivity index (χ2v) is 8.97. The number of benzene rings is 1. The summed E-state index contributed by atoms with van der Waals surface area (Å²) in [5, 5.41) is 14.2. The number of anilines is 1. The minimum atomic E-state index is -0.283. The molecule has 1 atom stereocenters. The molecule has 0 spiro atoms. The van der Waals surface area contributed by atoms with E-state index in [0.29, 0.717) is 11.0 Å². The van der Waals surface area contributed by atoms with E-state index in [0.717, 1.165) is 26.5 Å². The molecule has 0 aliphatic carbocycles. The van der Waals surface area contributed by atoms with Gasteiger partial charge in [0.1, 0.15) is 5.01 Å². The second-order valence-electron chi connectivity index (χ2n) is 6.60. The predicted octanol–water partition coefficient (Wildman–Crippen LogP) is 4.95. The molecular weight excluding hydrogens is 364 g/mol. The van der Waals surface area contributed by atoms with E-state index in [4.69, 9.17) is 4.98 Å². The number of fused-ring (bicyclic) bond motifs is 1. The summed E-state index contributed by atoms with van der Waals surface area (Å²) in [6.07, 6.45) is 0. The van der Waals surface area contributed by atoms with Crippen LogP contribution < -0.4 is 5.32 Å². The molecule has 1 aromatic carbocycles. The number of aromatic nitrogens is 3. The molecule has 1 amide bonds. The summed E-state index contributed by atoms with van der Waals surface area (Å²) in [6.45, 7) is 10.1. The van der Waals surface area contributed by atoms with E-state index < -0.39 is 0 Å². The number of nitrogens with zero attached hydrogens (tertiary/aromatic N) is 3. The quantitative estimate of drug-likeness (QED) is 0.629. The van der Waals surface area contributed by atoms with Crippen LogP contribution in [-0.4, -0.2) is 26.3 Å². The molecule has 2 heterocycles. The first-order valence-electron chi connectivity index (χ1n) is 8.53. The zero-order valence-corrected chi connectivity index (χ0v) is 17.2. The van der Waals surface area contributed by atoms with E-state index in [-0.39, 0.29) is 11.2 Å². The van der Waals surface area contributed by atoms with E-state index in [1.54, 1.807) is 0 Å². The maximum absolute atomic E-state index is 12.5. The van der Waals surface area contributed by atoms with Crippen molar-refractivity contribution in [3.05, 3.63) is 40.4 Å². The maximum Gasteiger partial charge on any atom is 0.239 e. The van der Waals surface area contributed by atoms with Crippen molar-refractivity contribution in [3.8, 4) is 0 Å². The third-order valence-corrected chi connectivity index (χ3v) is 6.21. The van der Waals surface area contributed by atoms with Gasteiger partial charge < -0.3 is 0 Å². The minimum absolute atomic E-state index is 0.0919. The SMILES string of the molecule is Cc1cc(SC(C)C(=O)Nc2nnc(C(C)C)s2)nc2c(C)cccc12. The first-order valence-corrected chi connectivity index (χ1v) is 10.2. The van der Waals surface area contributed by atoms with Crippen molar-refractivity contribution >= 4 is 45.0 Å². The number of para-hydroxylation sites is 1. The summed E-state index contributed by atoms with van der Waals surface area (Å²) in [5.74, 6) is 0.212. The lowest BCUT2D eigenvalue weighted by Crippen LogP contribution is -2.22. The Morgan fingerprint density at radius 3 is 2.62 bits per heavy atom. The van der Waals surface area contributed by atoms with Crippen LogP contribution >= 0.6 is 23.1 Å². The molecule has 0 saturated heterocycles. The lowest BCUT2D eigenvalue weighted by atomic mass is 10.1. The third kappa shape index (κ3) is 4.04. The van der Waals surface area contributed by atoms with E-state index in [9.17, 15) is 4.79 Å². The van der Waals surface area contributed by atoms with Crippen molar-refractivity contribution in [2.24, 2.45) is 0 Å². The lowest BCUT2D eigenvalue weighted by molar-refractivity contribution is -0.115. The second kappa shape index (κ2) is 7.72. The Kier molecular flexibility index (Phi) is 5.58. The highest BCUT2D eigenvalue weighted by molar-refractivity contribution is 8.00. The molecule has 0 aliphatic rings. The maximum atomic E-state index is 12.5. The third-order valence-electron chi connectivity index (χ3n) is 4.06. The number of pyridine rings is 1. The molecule has 0 radical (unpaired) electrons. The van der Waals surface area contributed by atoms with Crippen molar-refractivity contribution < 1.29 is 4.79 Å². The monoisotopic (exact) mass is 386 g/mol. The normalized spacial score (nSPS) is 12.5. The van der Waals surface area contributed by atoms with Crippen LogP contribution in [0.1, 0.15) is 42.8 Å². The first-order chi connectivity index (χ1) is 12.3. The van der Waals surface area contributed by atoms with E-state index in [1.165, 1.54) is 28.7 Å². The molecule has 26 heavy (non-hydrogen) atoms. The van der Waals surface area contributed by atoms with Gasteiger partial charge in [-0.25, -0.2) is 4.98 Å². The molecular formula is C19H22N4OS2. The number of aryl methyl sites for hydroxylation is 2. The number of rotatable bonds is 5.